The summed E-state index contributed by atoms with van der Waals surface area (Å²) in [5.41, 5.74) is 0. The second-order valence-corrected chi connectivity index (χ2v) is 8.69. The SMILES string of the molecule is O=C(CS(=O)(=O)c1ccc(Cl)cc1)N1CCN(c2nccs2)CC1. The number of amides is 1. The Bertz CT molecular complexity index is 799. The highest BCUT2D eigenvalue weighted by molar-refractivity contribution is 7.92. The minimum Gasteiger partial charge on any atom is -0.345 e. The molecule has 1 aliphatic heterocycles. The van der Waals surface area contributed by atoms with Gasteiger partial charge in [-0.1, -0.05) is 11.6 Å². The van der Waals surface area contributed by atoms with Crippen molar-refractivity contribution in [1.29, 1.82) is 0 Å². The summed E-state index contributed by atoms with van der Waals surface area (Å²) in [6.45, 7) is 2.30. The van der Waals surface area contributed by atoms with Gasteiger partial charge in [0.1, 0.15) is 5.75 Å². The molecule has 128 valence electrons. The predicted octanol–water partition coefficient (Wildman–Crippen LogP) is 1.92. The third-order valence-corrected chi connectivity index (χ3v) is 6.51. The van der Waals surface area contributed by atoms with Crippen LogP contribution in [0.3, 0.4) is 0 Å². The van der Waals surface area contributed by atoms with E-state index in [1.54, 1.807) is 22.4 Å². The molecule has 9 heteroatoms. The van der Waals surface area contributed by atoms with Crippen molar-refractivity contribution < 1.29 is 13.2 Å². The Morgan fingerprint density at radius 1 is 1.17 bits per heavy atom. The summed E-state index contributed by atoms with van der Waals surface area (Å²) in [4.78, 5) is 20.4. The molecule has 1 fully saturated rings. The van der Waals surface area contributed by atoms with Crippen LogP contribution < -0.4 is 4.90 Å². The number of nitrogens with zero attached hydrogens (tertiary/aromatic N) is 3. The van der Waals surface area contributed by atoms with Crippen molar-refractivity contribution in [2.24, 2.45) is 0 Å². The van der Waals surface area contributed by atoms with Gasteiger partial charge in [0.2, 0.25) is 5.91 Å². The number of aromatic nitrogens is 1. The summed E-state index contributed by atoms with van der Waals surface area (Å²) in [6, 6.07) is 5.86. The molecule has 0 saturated carbocycles. The number of carbonyl (C=O) groups is 1. The summed E-state index contributed by atoms with van der Waals surface area (Å²) in [5.74, 6) is -0.893. The zero-order valence-corrected chi connectivity index (χ0v) is 15.1. The molecule has 0 atom stereocenters. The van der Waals surface area contributed by atoms with Crippen molar-refractivity contribution in [1.82, 2.24) is 9.88 Å². The Labute approximate surface area is 149 Å². The number of rotatable bonds is 4. The first-order valence-corrected chi connectivity index (χ1v) is 10.3. The average Bonchev–Trinajstić information content (AvgIpc) is 3.09. The summed E-state index contributed by atoms with van der Waals surface area (Å²) < 4.78 is 24.7. The monoisotopic (exact) mass is 385 g/mol. The van der Waals surface area contributed by atoms with Crippen LogP contribution in [0.5, 0.6) is 0 Å². The second kappa shape index (κ2) is 7.08. The van der Waals surface area contributed by atoms with E-state index in [0.717, 1.165) is 5.13 Å². The standard InChI is InChI=1S/C15H16ClN3O3S2/c16-12-1-3-13(4-2-12)24(21,22)11-14(20)18-6-8-19(9-7-18)15-17-5-10-23-15/h1-5,10H,6-9,11H2. The van der Waals surface area contributed by atoms with Crippen LogP contribution >= 0.6 is 22.9 Å². The molecule has 1 saturated heterocycles. The lowest BCUT2D eigenvalue weighted by Crippen LogP contribution is -2.50. The zero-order valence-electron chi connectivity index (χ0n) is 12.8. The van der Waals surface area contributed by atoms with Gasteiger partial charge in [0.25, 0.3) is 0 Å². The molecule has 0 aliphatic carbocycles. The van der Waals surface area contributed by atoms with E-state index < -0.39 is 15.6 Å². The van der Waals surface area contributed by atoms with E-state index in [4.69, 9.17) is 11.6 Å². The summed E-state index contributed by atoms with van der Waals surface area (Å²) in [7, 11) is -3.66. The lowest BCUT2D eigenvalue weighted by molar-refractivity contribution is -0.128. The van der Waals surface area contributed by atoms with Gasteiger partial charge in [-0.25, -0.2) is 13.4 Å². The summed E-state index contributed by atoms with van der Waals surface area (Å²) >= 11 is 7.32. The molecule has 2 aromatic rings. The smallest absolute Gasteiger partial charge is 0.238 e. The largest absolute Gasteiger partial charge is 0.345 e. The molecule has 0 N–H and O–H groups in total. The Balaban J connectivity index is 1.60. The summed E-state index contributed by atoms with van der Waals surface area (Å²) in [5, 5.41) is 3.29. The van der Waals surface area contributed by atoms with Crippen LogP contribution in [-0.4, -0.2) is 56.1 Å². The molecular formula is C15H16ClN3O3S2. The zero-order chi connectivity index (χ0) is 17.2. The maximum absolute atomic E-state index is 12.3. The van der Waals surface area contributed by atoms with Gasteiger partial charge in [0.15, 0.2) is 15.0 Å². The van der Waals surface area contributed by atoms with Gasteiger partial charge >= 0.3 is 0 Å². The number of halogens is 1. The first-order chi connectivity index (χ1) is 11.5. The van der Waals surface area contributed by atoms with E-state index in [1.165, 1.54) is 24.3 Å². The van der Waals surface area contributed by atoms with Crippen LogP contribution in [0, 0.1) is 0 Å². The molecule has 0 radical (unpaired) electrons. The molecule has 1 amide bonds. The van der Waals surface area contributed by atoms with Crippen LogP contribution in [0.4, 0.5) is 5.13 Å². The average molecular weight is 386 g/mol. The number of sulfone groups is 1. The quantitative estimate of drug-likeness (QED) is 0.804. The fraction of sp³-hybridized carbons (Fsp3) is 0.333. The molecule has 6 nitrogen and oxygen atoms in total. The summed E-state index contributed by atoms with van der Waals surface area (Å²) in [6.07, 6.45) is 1.75. The van der Waals surface area contributed by atoms with Gasteiger partial charge in [-0.05, 0) is 24.3 Å². The Hall–Kier alpha value is -1.64. The number of anilines is 1. The maximum Gasteiger partial charge on any atom is 0.238 e. The molecule has 3 rings (SSSR count). The Kier molecular flexibility index (Phi) is 5.07. The number of benzene rings is 1. The van der Waals surface area contributed by atoms with Crippen LogP contribution in [0.25, 0.3) is 0 Å². The minimum absolute atomic E-state index is 0.113. The van der Waals surface area contributed by atoms with E-state index in [9.17, 15) is 13.2 Å². The lowest BCUT2D eigenvalue weighted by Gasteiger charge is -2.34. The molecule has 24 heavy (non-hydrogen) atoms. The molecule has 2 heterocycles. The van der Waals surface area contributed by atoms with Crippen LogP contribution in [-0.2, 0) is 14.6 Å². The highest BCUT2D eigenvalue weighted by Gasteiger charge is 2.27. The molecule has 0 unspecified atom stereocenters. The van der Waals surface area contributed by atoms with Gasteiger partial charge in [-0.3, -0.25) is 4.79 Å². The maximum atomic E-state index is 12.3. The predicted molar refractivity (Wildman–Crippen MR) is 94.4 cm³/mol. The van der Waals surface area contributed by atoms with Crippen molar-refractivity contribution in [3.05, 3.63) is 40.9 Å². The first kappa shape index (κ1) is 17.2. The molecular weight excluding hydrogens is 370 g/mol. The van der Waals surface area contributed by atoms with Crippen molar-refractivity contribution in [2.45, 2.75) is 4.90 Å². The van der Waals surface area contributed by atoms with Gasteiger partial charge in [-0.2, -0.15) is 0 Å². The third-order valence-electron chi connectivity index (χ3n) is 3.81. The number of piperazine rings is 1. The highest BCUT2D eigenvalue weighted by atomic mass is 35.5. The van der Waals surface area contributed by atoms with Gasteiger partial charge in [-0.15, -0.1) is 11.3 Å². The van der Waals surface area contributed by atoms with Crippen molar-refractivity contribution in [2.75, 3.05) is 36.8 Å². The fourth-order valence-corrected chi connectivity index (χ4v) is 4.55. The van der Waals surface area contributed by atoms with E-state index in [2.05, 4.69) is 9.88 Å². The first-order valence-electron chi connectivity index (χ1n) is 7.36. The lowest BCUT2D eigenvalue weighted by atomic mass is 10.3. The Morgan fingerprint density at radius 2 is 1.83 bits per heavy atom. The van der Waals surface area contributed by atoms with Gasteiger partial charge in [0, 0.05) is 42.8 Å². The van der Waals surface area contributed by atoms with E-state index in [-0.39, 0.29) is 10.8 Å². The minimum atomic E-state index is -3.66. The van der Waals surface area contributed by atoms with E-state index in [1.807, 2.05) is 5.38 Å². The topological polar surface area (TPSA) is 70.6 Å². The number of thiazole rings is 1. The Morgan fingerprint density at radius 3 is 2.42 bits per heavy atom. The molecule has 1 aromatic heterocycles. The van der Waals surface area contributed by atoms with Crippen LogP contribution in [0.1, 0.15) is 0 Å². The van der Waals surface area contributed by atoms with Crippen molar-refractivity contribution >= 4 is 43.8 Å². The van der Waals surface area contributed by atoms with Crippen LogP contribution in [0.15, 0.2) is 40.7 Å². The van der Waals surface area contributed by atoms with Crippen molar-refractivity contribution in [3.63, 3.8) is 0 Å². The third kappa shape index (κ3) is 3.88. The van der Waals surface area contributed by atoms with Gasteiger partial charge in [0.05, 0.1) is 4.90 Å². The molecule has 1 aliphatic rings. The molecule has 1 aromatic carbocycles. The van der Waals surface area contributed by atoms with E-state index in [0.29, 0.717) is 31.2 Å². The highest BCUT2D eigenvalue weighted by Crippen LogP contribution is 2.20. The normalized spacial score (nSPS) is 15.5. The second-order valence-electron chi connectivity index (χ2n) is 5.40. The number of hydrogen-bond acceptors (Lipinski definition) is 6. The fourth-order valence-electron chi connectivity index (χ4n) is 2.50. The molecule has 0 bridgehead atoms. The number of hydrogen-bond donors (Lipinski definition) is 0. The molecule has 0 spiro atoms. The van der Waals surface area contributed by atoms with Gasteiger partial charge < -0.3 is 9.80 Å². The van der Waals surface area contributed by atoms with Crippen molar-refractivity contribution in [3.8, 4) is 0 Å². The number of carbonyl (C=O) groups excluding carboxylic acids is 1. The van der Waals surface area contributed by atoms with E-state index >= 15 is 0 Å². The van der Waals surface area contributed by atoms with Crippen LogP contribution in [0.2, 0.25) is 5.02 Å².